The second kappa shape index (κ2) is 12.4. The van der Waals surface area contributed by atoms with Crippen LogP contribution in [0.15, 0.2) is 67.0 Å². The van der Waals surface area contributed by atoms with Gasteiger partial charge in [0.1, 0.15) is 5.60 Å². The quantitative estimate of drug-likeness (QED) is 0.336. The van der Waals surface area contributed by atoms with E-state index in [0.29, 0.717) is 37.7 Å². The molecule has 2 amide bonds. The molecular formula is C36H46N4O4. The van der Waals surface area contributed by atoms with Gasteiger partial charge in [0.05, 0.1) is 29.7 Å². The third kappa shape index (κ3) is 6.70. The summed E-state index contributed by atoms with van der Waals surface area (Å²) >= 11 is 0. The molecule has 2 aromatic carbocycles. The van der Waals surface area contributed by atoms with Crippen LogP contribution in [0, 0.1) is 5.92 Å². The molecule has 2 aliphatic carbocycles. The van der Waals surface area contributed by atoms with E-state index in [1.54, 1.807) is 11.2 Å². The minimum absolute atomic E-state index is 0.134. The number of carbonyl (C=O) groups excluding carboxylic acids is 2. The van der Waals surface area contributed by atoms with Crippen LogP contribution in [0.1, 0.15) is 87.8 Å². The number of amides is 2. The van der Waals surface area contributed by atoms with Crippen LogP contribution in [0.4, 0.5) is 4.79 Å². The number of ether oxygens (including phenoxy) is 1. The van der Waals surface area contributed by atoms with Crippen molar-refractivity contribution in [3.63, 3.8) is 0 Å². The molecule has 1 aliphatic heterocycles. The molecule has 3 aliphatic rings. The summed E-state index contributed by atoms with van der Waals surface area (Å²) in [7, 11) is 0. The fraction of sp³-hybridized carbons (Fsp3) is 0.528. The lowest BCUT2D eigenvalue weighted by Gasteiger charge is -2.42. The van der Waals surface area contributed by atoms with Gasteiger partial charge in [-0.05, 0) is 57.9 Å². The van der Waals surface area contributed by atoms with E-state index in [1.807, 2.05) is 74.2 Å². The molecule has 3 fully saturated rings. The van der Waals surface area contributed by atoms with E-state index in [0.717, 1.165) is 48.9 Å². The second-order valence-corrected chi connectivity index (χ2v) is 14.0. The van der Waals surface area contributed by atoms with E-state index < -0.39 is 11.2 Å². The normalized spacial score (nSPS) is 24.3. The molecule has 1 saturated heterocycles. The van der Waals surface area contributed by atoms with Crippen molar-refractivity contribution in [1.29, 1.82) is 0 Å². The highest BCUT2D eigenvalue weighted by Gasteiger charge is 2.45. The lowest BCUT2D eigenvalue weighted by atomic mass is 9.76. The Bertz CT molecular complexity index is 1450. The van der Waals surface area contributed by atoms with Crippen molar-refractivity contribution in [2.24, 2.45) is 5.92 Å². The number of benzene rings is 2. The van der Waals surface area contributed by atoms with Gasteiger partial charge in [0.15, 0.2) is 5.69 Å². The van der Waals surface area contributed by atoms with Crippen molar-refractivity contribution >= 4 is 12.0 Å². The molecule has 0 spiro atoms. The first kappa shape index (κ1) is 30.4. The molecule has 0 unspecified atom stereocenters. The summed E-state index contributed by atoms with van der Waals surface area (Å²) in [6.45, 7) is 6.74. The minimum atomic E-state index is -0.807. The number of aromatic nitrogens is 2. The lowest BCUT2D eigenvalue weighted by molar-refractivity contribution is -0.0518. The monoisotopic (exact) mass is 598 g/mol. The van der Waals surface area contributed by atoms with E-state index in [-0.39, 0.29) is 24.1 Å². The zero-order valence-corrected chi connectivity index (χ0v) is 26.3. The van der Waals surface area contributed by atoms with E-state index in [4.69, 9.17) is 9.72 Å². The summed E-state index contributed by atoms with van der Waals surface area (Å²) in [5.41, 5.74) is 1.78. The zero-order valence-electron chi connectivity index (χ0n) is 26.3. The number of aliphatic hydroxyl groups is 1. The minimum Gasteiger partial charge on any atom is -0.444 e. The Hall–Kier alpha value is -3.65. The van der Waals surface area contributed by atoms with Gasteiger partial charge in [-0.1, -0.05) is 86.3 Å². The highest BCUT2D eigenvalue weighted by molar-refractivity contribution is 5.98. The number of nitrogens with zero attached hydrogens (tertiary/aromatic N) is 4. The Morgan fingerprint density at radius 3 is 2.36 bits per heavy atom. The summed E-state index contributed by atoms with van der Waals surface area (Å²) in [5.74, 6) is 0.444. The van der Waals surface area contributed by atoms with Crippen LogP contribution in [0.25, 0.3) is 11.3 Å². The van der Waals surface area contributed by atoms with Crippen LogP contribution < -0.4 is 0 Å². The molecule has 1 aromatic heterocycles. The molecule has 3 atom stereocenters. The van der Waals surface area contributed by atoms with Gasteiger partial charge < -0.3 is 24.2 Å². The molecule has 3 aromatic rings. The van der Waals surface area contributed by atoms with Gasteiger partial charge >= 0.3 is 6.09 Å². The summed E-state index contributed by atoms with van der Waals surface area (Å²) in [4.78, 5) is 36.1. The van der Waals surface area contributed by atoms with Gasteiger partial charge in [0.2, 0.25) is 0 Å². The summed E-state index contributed by atoms with van der Waals surface area (Å²) < 4.78 is 7.80. The molecule has 2 heterocycles. The van der Waals surface area contributed by atoms with Crippen molar-refractivity contribution in [3.8, 4) is 11.3 Å². The van der Waals surface area contributed by atoms with Crippen LogP contribution in [0.2, 0.25) is 0 Å². The first-order valence-electron chi connectivity index (χ1n) is 16.3. The maximum absolute atomic E-state index is 14.6. The molecule has 234 valence electrons. The lowest BCUT2D eigenvalue weighted by Crippen LogP contribution is -2.58. The van der Waals surface area contributed by atoms with Crippen LogP contribution >= 0.6 is 0 Å². The molecule has 6 rings (SSSR count). The molecule has 8 heteroatoms. The molecule has 8 nitrogen and oxygen atoms in total. The van der Waals surface area contributed by atoms with Crippen LogP contribution in [0.5, 0.6) is 0 Å². The first-order chi connectivity index (χ1) is 21.1. The topological polar surface area (TPSA) is 87.9 Å². The molecular weight excluding hydrogens is 552 g/mol. The van der Waals surface area contributed by atoms with E-state index >= 15 is 0 Å². The van der Waals surface area contributed by atoms with Gasteiger partial charge in [0.25, 0.3) is 5.91 Å². The number of piperazine rings is 1. The average Bonchev–Trinajstić information content (AvgIpc) is 3.70. The molecule has 2 saturated carbocycles. The van der Waals surface area contributed by atoms with E-state index in [9.17, 15) is 14.7 Å². The molecule has 44 heavy (non-hydrogen) atoms. The smallest absolute Gasteiger partial charge is 0.410 e. The third-order valence-electron chi connectivity index (χ3n) is 9.39. The third-order valence-corrected chi connectivity index (χ3v) is 9.39. The number of rotatable bonds is 7. The van der Waals surface area contributed by atoms with Crippen molar-refractivity contribution in [1.82, 2.24) is 19.4 Å². The van der Waals surface area contributed by atoms with Crippen molar-refractivity contribution in [3.05, 3.63) is 78.2 Å². The number of carbonyl (C=O) groups is 2. The number of imidazole rings is 1. The molecule has 1 N–H and O–H groups in total. The van der Waals surface area contributed by atoms with Crippen LogP contribution in [0.3, 0.4) is 0 Å². The number of hydrogen-bond donors (Lipinski definition) is 1. The molecule has 0 bridgehead atoms. The van der Waals surface area contributed by atoms with E-state index in [1.165, 1.54) is 12.8 Å². The first-order valence-corrected chi connectivity index (χ1v) is 16.3. The van der Waals surface area contributed by atoms with Crippen LogP contribution in [-0.2, 0) is 11.2 Å². The Balaban J connectivity index is 1.35. The van der Waals surface area contributed by atoms with Gasteiger partial charge in [-0.3, -0.25) is 4.79 Å². The SMILES string of the molecule is CC(C)(C)OC(=O)N1CCN(C(=O)c2ncn([C@H]3CCCC[C@]3(O)CC3CC3)c2-c2ccccc2)[C@H](Cc2ccccc2)C1. The average molecular weight is 599 g/mol. The van der Waals surface area contributed by atoms with E-state index in [2.05, 4.69) is 16.7 Å². The van der Waals surface area contributed by atoms with Crippen LogP contribution in [-0.4, -0.2) is 73.3 Å². The summed E-state index contributed by atoms with van der Waals surface area (Å²) in [6.07, 6.45) is 8.90. The predicted molar refractivity (Wildman–Crippen MR) is 170 cm³/mol. The summed E-state index contributed by atoms with van der Waals surface area (Å²) in [5, 5.41) is 12.0. The summed E-state index contributed by atoms with van der Waals surface area (Å²) in [6, 6.07) is 19.7. The fourth-order valence-electron chi connectivity index (χ4n) is 7.11. The largest absolute Gasteiger partial charge is 0.444 e. The van der Waals surface area contributed by atoms with Gasteiger partial charge in [-0.25, -0.2) is 9.78 Å². The fourth-order valence-corrected chi connectivity index (χ4v) is 7.11. The Morgan fingerprint density at radius 1 is 0.977 bits per heavy atom. The van der Waals surface area contributed by atoms with Crippen molar-refractivity contribution < 1.29 is 19.4 Å². The van der Waals surface area contributed by atoms with Crippen molar-refractivity contribution in [2.45, 2.75) is 95.4 Å². The van der Waals surface area contributed by atoms with Gasteiger partial charge in [0, 0.05) is 25.2 Å². The zero-order chi connectivity index (χ0) is 30.9. The van der Waals surface area contributed by atoms with Crippen molar-refractivity contribution in [2.75, 3.05) is 19.6 Å². The Morgan fingerprint density at radius 2 is 1.68 bits per heavy atom. The Kier molecular flexibility index (Phi) is 8.55. The second-order valence-electron chi connectivity index (χ2n) is 14.0. The number of hydrogen-bond acceptors (Lipinski definition) is 5. The standard InChI is InChI=1S/C36H46N4O4/c1-35(2,3)44-34(42)38-20-21-39(29(24-38)22-26-12-6-4-7-13-26)33(41)31-32(28-14-8-5-9-15-28)40(25-37-31)30-16-10-11-19-36(30,43)23-27-17-18-27/h4-9,12-15,25,27,29-30,43H,10-11,16-24H2,1-3H3/t29-,30+,36+/m1/s1. The highest BCUT2D eigenvalue weighted by atomic mass is 16.6. The highest BCUT2D eigenvalue weighted by Crippen LogP contribution is 2.48. The molecule has 0 radical (unpaired) electrons. The maximum Gasteiger partial charge on any atom is 0.410 e. The maximum atomic E-state index is 14.6. The van der Waals surface area contributed by atoms with Gasteiger partial charge in [-0.15, -0.1) is 0 Å². The predicted octanol–water partition coefficient (Wildman–Crippen LogP) is 6.50. The Labute approximate surface area is 261 Å². The van der Waals surface area contributed by atoms with Gasteiger partial charge in [-0.2, -0.15) is 0 Å².